The minimum Gasteiger partial charge on any atom is -0.493 e. The molecule has 0 fully saturated rings. The number of alkyl halides is 2. The van der Waals surface area contributed by atoms with Gasteiger partial charge in [-0.05, 0) is 24.6 Å². The second-order valence-corrected chi connectivity index (χ2v) is 7.99. The number of thiazole rings is 1. The number of hydrogen-bond donors (Lipinski definition) is 1. The Bertz CT molecular complexity index is 1070. The van der Waals surface area contributed by atoms with Gasteiger partial charge in [-0.25, -0.2) is 13.8 Å². The van der Waals surface area contributed by atoms with E-state index in [0.717, 1.165) is 5.56 Å². The third-order valence-corrected chi connectivity index (χ3v) is 6.07. The Morgan fingerprint density at radius 1 is 1.12 bits per heavy atom. The minimum atomic E-state index is -2.54. The Kier molecular flexibility index (Phi) is 7.76. The number of halogens is 2. The first-order valence-electron chi connectivity index (χ1n) is 9.84. The van der Waals surface area contributed by atoms with Gasteiger partial charge in [-0.1, -0.05) is 30.3 Å². The van der Waals surface area contributed by atoms with Gasteiger partial charge in [-0.2, -0.15) is 0 Å². The molecule has 0 unspecified atom stereocenters. The molecule has 0 radical (unpaired) electrons. The van der Waals surface area contributed by atoms with Crippen LogP contribution in [0.25, 0.3) is 10.6 Å². The van der Waals surface area contributed by atoms with Gasteiger partial charge in [-0.3, -0.25) is 4.79 Å². The summed E-state index contributed by atoms with van der Waals surface area (Å²) in [5.74, 6) is 0.862. The molecule has 0 saturated heterocycles. The van der Waals surface area contributed by atoms with Crippen molar-refractivity contribution in [2.75, 3.05) is 27.4 Å². The number of rotatable bonds is 9. The van der Waals surface area contributed by atoms with E-state index in [4.69, 9.17) is 9.47 Å². The number of amides is 1. The van der Waals surface area contributed by atoms with Crippen LogP contribution in [0.1, 0.15) is 32.9 Å². The first kappa shape index (κ1) is 23.6. The molecule has 0 atom stereocenters. The molecule has 1 amide bonds. The normalized spacial score (nSPS) is 11.0. The van der Waals surface area contributed by atoms with Crippen LogP contribution in [-0.2, 0) is 6.54 Å². The molecule has 9 heteroatoms. The van der Waals surface area contributed by atoms with Crippen molar-refractivity contribution in [3.63, 3.8) is 0 Å². The highest BCUT2D eigenvalue weighted by Crippen LogP contribution is 2.32. The number of ether oxygens (including phenoxy) is 2. The first-order chi connectivity index (χ1) is 15.4. The van der Waals surface area contributed by atoms with Crippen molar-refractivity contribution in [1.29, 1.82) is 0 Å². The summed E-state index contributed by atoms with van der Waals surface area (Å²) in [6.45, 7) is 1.94. The molecule has 0 saturated carbocycles. The van der Waals surface area contributed by atoms with Crippen molar-refractivity contribution in [3.05, 3.63) is 64.2 Å². The monoisotopic (exact) mass is 462 g/mol. The lowest BCUT2D eigenvalue weighted by Crippen LogP contribution is -2.33. The van der Waals surface area contributed by atoms with Crippen molar-refractivity contribution < 1.29 is 28.2 Å². The lowest BCUT2D eigenvalue weighted by Gasteiger charge is -2.22. The van der Waals surface area contributed by atoms with Crippen molar-refractivity contribution in [2.24, 2.45) is 0 Å². The Hall–Kier alpha value is -3.04. The fraction of sp³-hybridized carbons (Fsp3) is 0.304. The van der Waals surface area contributed by atoms with E-state index in [1.807, 2.05) is 6.07 Å². The number of aromatic nitrogens is 1. The number of aryl methyl sites for hydroxylation is 1. The average molecular weight is 463 g/mol. The predicted octanol–water partition coefficient (Wildman–Crippen LogP) is 4.71. The second-order valence-electron chi connectivity index (χ2n) is 7.00. The number of aliphatic hydroxyl groups excluding tert-OH is 1. The molecule has 2 aromatic carbocycles. The van der Waals surface area contributed by atoms with Crippen molar-refractivity contribution in [1.82, 2.24) is 9.88 Å². The Morgan fingerprint density at radius 2 is 1.81 bits per heavy atom. The van der Waals surface area contributed by atoms with Gasteiger partial charge in [0, 0.05) is 24.2 Å². The topological polar surface area (TPSA) is 71.9 Å². The summed E-state index contributed by atoms with van der Waals surface area (Å²) in [4.78, 5) is 19.7. The molecule has 1 N–H and O–H groups in total. The molecule has 1 heterocycles. The molecule has 170 valence electrons. The quantitative estimate of drug-likeness (QED) is 0.499. The molecule has 32 heavy (non-hydrogen) atoms. The number of aliphatic hydroxyl groups is 1. The van der Waals surface area contributed by atoms with E-state index in [0.29, 0.717) is 32.6 Å². The molecule has 0 bridgehead atoms. The third-order valence-electron chi connectivity index (χ3n) is 4.88. The zero-order valence-corrected chi connectivity index (χ0v) is 18.8. The highest BCUT2D eigenvalue weighted by molar-refractivity contribution is 7.17. The van der Waals surface area contributed by atoms with Crippen molar-refractivity contribution >= 4 is 17.2 Å². The summed E-state index contributed by atoms with van der Waals surface area (Å²) in [5, 5.41) is 10.1. The third kappa shape index (κ3) is 5.23. The largest absolute Gasteiger partial charge is 0.493 e. The Labute approximate surface area is 189 Å². The maximum Gasteiger partial charge on any atom is 0.266 e. The number of benzene rings is 2. The predicted molar refractivity (Wildman–Crippen MR) is 119 cm³/mol. The molecule has 6 nitrogen and oxygen atoms in total. The molecule has 3 rings (SSSR count). The summed E-state index contributed by atoms with van der Waals surface area (Å²) < 4.78 is 36.2. The molecular formula is C23H24F2N2O4S. The van der Waals surface area contributed by atoms with Crippen LogP contribution in [0.5, 0.6) is 11.5 Å². The summed E-state index contributed by atoms with van der Waals surface area (Å²) in [6, 6.07) is 11.2. The van der Waals surface area contributed by atoms with Gasteiger partial charge in [0.1, 0.15) is 9.88 Å². The fourth-order valence-corrected chi connectivity index (χ4v) is 4.25. The van der Waals surface area contributed by atoms with Gasteiger partial charge >= 0.3 is 0 Å². The van der Waals surface area contributed by atoms with Crippen LogP contribution >= 0.6 is 11.3 Å². The van der Waals surface area contributed by atoms with Gasteiger partial charge in [0.2, 0.25) is 0 Å². The molecule has 0 aliphatic carbocycles. The highest BCUT2D eigenvalue weighted by atomic mass is 32.1. The summed E-state index contributed by atoms with van der Waals surface area (Å²) in [6.07, 6.45) is -2.54. The maximum atomic E-state index is 13.3. The summed E-state index contributed by atoms with van der Waals surface area (Å²) in [7, 11) is 3.08. The highest BCUT2D eigenvalue weighted by Gasteiger charge is 2.23. The lowest BCUT2D eigenvalue weighted by molar-refractivity contribution is 0.0711. The molecular weight excluding hydrogens is 438 g/mol. The number of carbonyl (C=O) groups excluding carboxylic acids is 1. The zero-order chi connectivity index (χ0) is 23.3. The van der Waals surface area contributed by atoms with Crippen molar-refractivity contribution in [3.8, 4) is 22.1 Å². The van der Waals surface area contributed by atoms with E-state index in [-0.39, 0.29) is 31.2 Å². The van der Waals surface area contributed by atoms with E-state index in [2.05, 4.69) is 4.98 Å². The Balaban J connectivity index is 1.85. The Morgan fingerprint density at radius 3 is 2.41 bits per heavy atom. The van der Waals surface area contributed by atoms with Crippen LogP contribution in [0, 0.1) is 6.92 Å². The van der Waals surface area contributed by atoms with Gasteiger partial charge in [0.25, 0.3) is 12.3 Å². The number of hydrogen-bond acceptors (Lipinski definition) is 6. The van der Waals surface area contributed by atoms with Crippen LogP contribution in [0.2, 0.25) is 0 Å². The van der Waals surface area contributed by atoms with E-state index < -0.39 is 6.43 Å². The number of methoxy groups -OCH3 is 2. The van der Waals surface area contributed by atoms with Crippen LogP contribution in [0.3, 0.4) is 0 Å². The van der Waals surface area contributed by atoms with Gasteiger partial charge < -0.3 is 19.5 Å². The van der Waals surface area contributed by atoms with Gasteiger partial charge in [-0.15, -0.1) is 11.3 Å². The van der Waals surface area contributed by atoms with E-state index in [1.165, 1.54) is 35.5 Å². The zero-order valence-electron chi connectivity index (χ0n) is 18.0. The van der Waals surface area contributed by atoms with Gasteiger partial charge in [0.05, 0.1) is 26.5 Å². The molecule has 1 aromatic heterocycles. The molecule has 0 aliphatic heterocycles. The van der Waals surface area contributed by atoms with E-state index in [1.54, 1.807) is 38.3 Å². The molecule has 0 aliphatic rings. The van der Waals surface area contributed by atoms with Crippen LogP contribution < -0.4 is 9.47 Å². The first-order valence-corrected chi connectivity index (χ1v) is 10.7. The fourth-order valence-electron chi connectivity index (χ4n) is 3.21. The maximum absolute atomic E-state index is 13.3. The van der Waals surface area contributed by atoms with E-state index in [9.17, 15) is 18.7 Å². The standard InChI is InChI=1S/C23H24F2N2O4S/c1-14-20(32-22(26-14)17-7-5-16(6-8-17)21(24)25)23(29)27(10-11-28)13-15-4-9-18(30-2)19(12-15)31-3/h4-9,12,21,28H,10-11,13H2,1-3H3. The van der Waals surface area contributed by atoms with E-state index >= 15 is 0 Å². The molecule has 0 spiro atoms. The number of nitrogens with zero attached hydrogens (tertiary/aromatic N) is 2. The van der Waals surface area contributed by atoms with Crippen LogP contribution in [-0.4, -0.2) is 48.3 Å². The number of carbonyl (C=O) groups is 1. The van der Waals surface area contributed by atoms with Crippen molar-refractivity contribution in [2.45, 2.75) is 19.9 Å². The van der Waals surface area contributed by atoms with Gasteiger partial charge in [0.15, 0.2) is 11.5 Å². The average Bonchev–Trinajstić information content (AvgIpc) is 3.19. The smallest absolute Gasteiger partial charge is 0.266 e. The lowest BCUT2D eigenvalue weighted by atomic mass is 10.1. The molecule has 3 aromatic rings. The SMILES string of the molecule is COc1ccc(CN(CCO)C(=O)c2sc(-c3ccc(C(F)F)cc3)nc2C)cc1OC. The van der Waals surface area contributed by atoms with Crippen LogP contribution in [0.4, 0.5) is 8.78 Å². The minimum absolute atomic E-state index is 0.0673. The van der Waals surface area contributed by atoms with Crippen LogP contribution in [0.15, 0.2) is 42.5 Å². The summed E-state index contributed by atoms with van der Waals surface area (Å²) in [5.41, 5.74) is 1.95. The summed E-state index contributed by atoms with van der Waals surface area (Å²) >= 11 is 1.20. The second kappa shape index (κ2) is 10.5.